The van der Waals surface area contributed by atoms with Crippen LogP contribution in [0.1, 0.15) is 12.8 Å². The van der Waals surface area contributed by atoms with E-state index in [4.69, 9.17) is 10.2 Å². The Morgan fingerprint density at radius 3 is 2.57 bits per heavy atom. The van der Waals surface area contributed by atoms with Crippen LogP contribution >= 0.6 is 0 Å². The highest BCUT2D eigenvalue weighted by Crippen LogP contribution is 2.21. The number of carboxylic acid groups (broad SMARTS) is 2. The fourth-order valence-electron chi connectivity index (χ4n) is 2.22. The summed E-state index contributed by atoms with van der Waals surface area (Å²) in [5, 5.41) is 17.7. The number of nitrogens with zero attached hydrogens (tertiary/aromatic N) is 5. The van der Waals surface area contributed by atoms with Crippen molar-refractivity contribution in [2.75, 3.05) is 36.5 Å². The maximum Gasteiger partial charge on any atom is 0.323 e. The van der Waals surface area contributed by atoms with Crippen LogP contribution in [0.15, 0.2) is 6.33 Å². The van der Waals surface area contributed by atoms with E-state index in [9.17, 15) is 9.59 Å². The Bertz CT molecular complexity index is 530. The van der Waals surface area contributed by atoms with Gasteiger partial charge in [-0.05, 0) is 12.8 Å². The van der Waals surface area contributed by atoms with Crippen LogP contribution in [-0.4, -0.2) is 63.8 Å². The topological polar surface area (TPSA) is 120 Å². The van der Waals surface area contributed by atoms with Gasteiger partial charge in [-0.1, -0.05) is 0 Å². The maximum absolute atomic E-state index is 10.9. The highest BCUT2D eigenvalue weighted by atomic mass is 16.4. The predicted molar refractivity (Wildman–Crippen MR) is 73.3 cm³/mol. The van der Waals surface area contributed by atoms with Crippen molar-refractivity contribution in [1.29, 1.82) is 0 Å². The summed E-state index contributed by atoms with van der Waals surface area (Å²) in [5.41, 5.74) is 0. The van der Waals surface area contributed by atoms with E-state index in [1.165, 1.54) is 11.2 Å². The van der Waals surface area contributed by atoms with Gasteiger partial charge < -0.3 is 20.0 Å². The van der Waals surface area contributed by atoms with Crippen LogP contribution in [0.2, 0.25) is 0 Å². The summed E-state index contributed by atoms with van der Waals surface area (Å²) in [6.45, 7) is 0.913. The molecule has 1 aromatic rings. The molecule has 0 bridgehead atoms. The Kier molecular flexibility index (Phi) is 4.51. The lowest BCUT2D eigenvalue weighted by Gasteiger charge is -2.30. The number of carboxylic acids is 2. The highest BCUT2D eigenvalue weighted by Gasteiger charge is 2.26. The lowest BCUT2D eigenvalue weighted by atomic mass is 9.97. The third kappa shape index (κ3) is 3.77. The fourth-order valence-corrected chi connectivity index (χ4v) is 2.22. The average molecular weight is 295 g/mol. The molecule has 0 atom stereocenters. The molecular weight excluding hydrogens is 278 g/mol. The van der Waals surface area contributed by atoms with Gasteiger partial charge in [-0.15, -0.1) is 0 Å². The second-order valence-corrected chi connectivity index (χ2v) is 4.93. The standard InChI is InChI=1S/C12H17N5O4/c1-16(6-9(18)19)11-13-7-14-12(15-11)17-4-2-8(3-5-17)10(20)21/h7-8H,2-6H2,1H3,(H,18,19)(H,20,21). The quantitative estimate of drug-likeness (QED) is 0.753. The Morgan fingerprint density at radius 2 is 2.00 bits per heavy atom. The first-order valence-corrected chi connectivity index (χ1v) is 6.57. The van der Waals surface area contributed by atoms with Gasteiger partial charge in [0.15, 0.2) is 0 Å². The van der Waals surface area contributed by atoms with E-state index in [1.807, 2.05) is 4.90 Å². The zero-order chi connectivity index (χ0) is 15.4. The molecule has 1 saturated heterocycles. The molecule has 9 heteroatoms. The molecule has 0 spiro atoms. The molecule has 0 aliphatic carbocycles. The average Bonchev–Trinajstić information content (AvgIpc) is 2.47. The first-order chi connectivity index (χ1) is 9.97. The van der Waals surface area contributed by atoms with Gasteiger partial charge in [0.2, 0.25) is 11.9 Å². The van der Waals surface area contributed by atoms with Gasteiger partial charge >= 0.3 is 11.9 Å². The van der Waals surface area contributed by atoms with E-state index in [0.717, 1.165) is 0 Å². The molecule has 9 nitrogen and oxygen atoms in total. The molecule has 114 valence electrons. The zero-order valence-electron chi connectivity index (χ0n) is 11.6. The minimum Gasteiger partial charge on any atom is -0.481 e. The molecule has 1 fully saturated rings. The Labute approximate surface area is 121 Å². The Morgan fingerprint density at radius 1 is 1.33 bits per heavy atom. The van der Waals surface area contributed by atoms with E-state index < -0.39 is 11.9 Å². The first kappa shape index (κ1) is 14.9. The lowest BCUT2D eigenvalue weighted by molar-refractivity contribution is -0.142. The second kappa shape index (κ2) is 6.33. The van der Waals surface area contributed by atoms with E-state index in [-0.39, 0.29) is 18.4 Å². The molecule has 2 N–H and O–H groups in total. The van der Waals surface area contributed by atoms with Crippen molar-refractivity contribution in [1.82, 2.24) is 15.0 Å². The first-order valence-electron chi connectivity index (χ1n) is 6.57. The van der Waals surface area contributed by atoms with Crippen molar-refractivity contribution in [3.8, 4) is 0 Å². The summed E-state index contributed by atoms with van der Waals surface area (Å²) < 4.78 is 0. The normalized spacial score (nSPS) is 15.8. The molecule has 0 amide bonds. The van der Waals surface area contributed by atoms with Gasteiger partial charge in [0, 0.05) is 20.1 Å². The highest BCUT2D eigenvalue weighted by molar-refractivity contribution is 5.72. The summed E-state index contributed by atoms with van der Waals surface area (Å²) in [5.74, 6) is -1.34. The van der Waals surface area contributed by atoms with Crippen LogP contribution < -0.4 is 9.80 Å². The van der Waals surface area contributed by atoms with E-state index in [1.54, 1.807) is 7.05 Å². The van der Waals surface area contributed by atoms with Crippen molar-refractivity contribution in [3.63, 3.8) is 0 Å². The molecular formula is C12H17N5O4. The molecule has 0 radical (unpaired) electrons. The number of anilines is 2. The predicted octanol–water partition coefficient (Wildman–Crippen LogP) is -0.307. The molecule has 1 aliphatic heterocycles. The van der Waals surface area contributed by atoms with E-state index in [2.05, 4.69) is 15.0 Å². The number of rotatable bonds is 5. The lowest BCUT2D eigenvalue weighted by Crippen LogP contribution is -2.37. The molecule has 0 unspecified atom stereocenters. The summed E-state index contributed by atoms with van der Waals surface area (Å²) >= 11 is 0. The number of carbonyl (C=O) groups is 2. The van der Waals surface area contributed by atoms with E-state index in [0.29, 0.717) is 31.9 Å². The van der Waals surface area contributed by atoms with Crippen molar-refractivity contribution < 1.29 is 19.8 Å². The summed E-state index contributed by atoms with van der Waals surface area (Å²) in [7, 11) is 1.59. The van der Waals surface area contributed by atoms with Crippen LogP contribution in [0.3, 0.4) is 0 Å². The van der Waals surface area contributed by atoms with Crippen LogP contribution in [-0.2, 0) is 9.59 Å². The molecule has 1 aliphatic rings. The van der Waals surface area contributed by atoms with E-state index >= 15 is 0 Å². The molecule has 0 aromatic carbocycles. The molecule has 2 heterocycles. The molecule has 1 aromatic heterocycles. The SMILES string of the molecule is CN(CC(=O)O)c1ncnc(N2CCC(C(=O)O)CC2)n1. The smallest absolute Gasteiger partial charge is 0.323 e. The number of piperidine rings is 1. The van der Waals surface area contributed by atoms with Crippen molar-refractivity contribution in [2.45, 2.75) is 12.8 Å². The third-order valence-corrected chi connectivity index (χ3v) is 3.39. The van der Waals surface area contributed by atoms with Crippen molar-refractivity contribution in [3.05, 3.63) is 6.33 Å². The fraction of sp³-hybridized carbons (Fsp3) is 0.583. The number of hydrogen-bond acceptors (Lipinski definition) is 7. The maximum atomic E-state index is 10.9. The van der Waals surface area contributed by atoms with Gasteiger partial charge in [-0.25, -0.2) is 9.97 Å². The largest absolute Gasteiger partial charge is 0.481 e. The van der Waals surface area contributed by atoms with Crippen LogP contribution in [0.4, 0.5) is 11.9 Å². The number of aliphatic carboxylic acids is 2. The minimum atomic E-state index is -0.971. The van der Waals surface area contributed by atoms with Gasteiger partial charge in [-0.3, -0.25) is 9.59 Å². The van der Waals surface area contributed by atoms with Crippen LogP contribution in [0.5, 0.6) is 0 Å². The van der Waals surface area contributed by atoms with Gasteiger partial charge in [0.05, 0.1) is 5.92 Å². The number of aromatic nitrogens is 3. The van der Waals surface area contributed by atoms with Crippen molar-refractivity contribution >= 4 is 23.8 Å². The Balaban J connectivity index is 2.04. The van der Waals surface area contributed by atoms with Gasteiger partial charge in [0.1, 0.15) is 12.9 Å². The summed E-state index contributed by atoms with van der Waals surface area (Å²) in [6, 6.07) is 0. The third-order valence-electron chi connectivity index (χ3n) is 3.39. The summed E-state index contributed by atoms with van der Waals surface area (Å²) in [4.78, 5) is 37.2. The second-order valence-electron chi connectivity index (χ2n) is 4.93. The zero-order valence-corrected chi connectivity index (χ0v) is 11.6. The minimum absolute atomic E-state index is 0.204. The molecule has 0 saturated carbocycles. The van der Waals surface area contributed by atoms with Gasteiger partial charge in [-0.2, -0.15) is 4.98 Å². The molecule has 21 heavy (non-hydrogen) atoms. The van der Waals surface area contributed by atoms with Crippen molar-refractivity contribution in [2.24, 2.45) is 5.92 Å². The summed E-state index contributed by atoms with van der Waals surface area (Å²) in [6.07, 6.45) is 2.42. The molecule has 2 rings (SSSR count). The van der Waals surface area contributed by atoms with Crippen LogP contribution in [0.25, 0.3) is 0 Å². The number of hydrogen-bond donors (Lipinski definition) is 2. The number of likely N-dealkylation sites (N-methyl/N-ethyl adjacent to an activating group) is 1. The Hall–Kier alpha value is -2.45. The monoisotopic (exact) mass is 295 g/mol. The van der Waals surface area contributed by atoms with Gasteiger partial charge in [0.25, 0.3) is 0 Å². The van der Waals surface area contributed by atoms with Crippen LogP contribution in [0, 0.1) is 5.92 Å².